The minimum absolute atomic E-state index is 0.0491. The van der Waals surface area contributed by atoms with Gasteiger partial charge in [-0.25, -0.2) is 4.98 Å². The molecule has 2 aromatic rings. The molecular weight excluding hydrogens is 212 g/mol. The Morgan fingerprint density at radius 1 is 1.18 bits per heavy atom. The summed E-state index contributed by atoms with van der Waals surface area (Å²) in [4.78, 5) is 4.27. The van der Waals surface area contributed by atoms with E-state index in [-0.39, 0.29) is 5.41 Å². The van der Waals surface area contributed by atoms with Crippen LogP contribution in [-0.2, 0) is 5.41 Å². The van der Waals surface area contributed by atoms with Crippen LogP contribution in [0.4, 0.5) is 5.82 Å². The molecule has 0 aliphatic heterocycles. The Balaban J connectivity index is 2.78. The lowest BCUT2D eigenvalue weighted by atomic mass is 9.85. The molecule has 3 nitrogen and oxygen atoms in total. The summed E-state index contributed by atoms with van der Waals surface area (Å²) < 4.78 is 5.22. The highest BCUT2D eigenvalue weighted by Gasteiger charge is 2.18. The van der Waals surface area contributed by atoms with Crippen LogP contribution in [0.2, 0.25) is 0 Å². The van der Waals surface area contributed by atoms with E-state index in [9.17, 15) is 0 Å². The van der Waals surface area contributed by atoms with Crippen molar-refractivity contribution in [2.24, 2.45) is 0 Å². The summed E-state index contributed by atoms with van der Waals surface area (Å²) in [6.45, 7) is 6.51. The third-order valence-electron chi connectivity index (χ3n) is 2.93. The number of ether oxygens (including phenoxy) is 1. The molecule has 0 atom stereocenters. The van der Waals surface area contributed by atoms with Gasteiger partial charge in [-0.15, -0.1) is 0 Å². The molecule has 0 saturated carbocycles. The molecule has 0 amide bonds. The number of fused-ring (bicyclic) bond motifs is 1. The standard InChI is InChI=1S/C14H18N2O/c1-14(2,3)12-8-16-13(15)11-7-9(17-4)5-6-10(11)12/h5-8H,1-4H3,(H2,15,16). The minimum Gasteiger partial charge on any atom is -0.497 e. The molecule has 17 heavy (non-hydrogen) atoms. The van der Waals surface area contributed by atoms with Crippen molar-refractivity contribution in [3.63, 3.8) is 0 Å². The Morgan fingerprint density at radius 2 is 1.88 bits per heavy atom. The van der Waals surface area contributed by atoms with Crippen LogP contribution in [0.1, 0.15) is 26.3 Å². The fourth-order valence-electron chi connectivity index (χ4n) is 1.97. The first-order valence-electron chi connectivity index (χ1n) is 5.66. The highest BCUT2D eigenvalue weighted by Crippen LogP contribution is 2.33. The van der Waals surface area contributed by atoms with Gasteiger partial charge in [0.2, 0.25) is 0 Å². The zero-order valence-electron chi connectivity index (χ0n) is 10.7. The van der Waals surface area contributed by atoms with Crippen molar-refractivity contribution in [1.82, 2.24) is 4.98 Å². The molecule has 0 unspecified atom stereocenters. The number of rotatable bonds is 1. The number of hydrogen-bond donors (Lipinski definition) is 1. The molecule has 2 rings (SSSR count). The predicted molar refractivity (Wildman–Crippen MR) is 71.4 cm³/mol. The Morgan fingerprint density at radius 3 is 2.47 bits per heavy atom. The van der Waals surface area contributed by atoms with Gasteiger partial charge in [-0.1, -0.05) is 26.8 Å². The number of nitrogens with two attached hydrogens (primary N) is 1. The van der Waals surface area contributed by atoms with Crippen LogP contribution in [0, 0.1) is 0 Å². The monoisotopic (exact) mass is 230 g/mol. The SMILES string of the molecule is COc1ccc2c(C(C)(C)C)cnc(N)c2c1. The number of aromatic nitrogens is 1. The molecule has 1 aromatic heterocycles. The number of benzene rings is 1. The molecule has 0 spiro atoms. The molecule has 0 bridgehead atoms. The predicted octanol–water partition coefficient (Wildman–Crippen LogP) is 3.12. The van der Waals surface area contributed by atoms with Crippen LogP contribution in [0.3, 0.4) is 0 Å². The first-order chi connectivity index (χ1) is 7.93. The van der Waals surface area contributed by atoms with Crippen LogP contribution < -0.4 is 10.5 Å². The highest BCUT2D eigenvalue weighted by molar-refractivity contribution is 5.94. The zero-order chi connectivity index (χ0) is 12.6. The lowest BCUT2D eigenvalue weighted by Gasteiger charge is -2.21. The molecule has 2 N–H and O–H groups in total. The van der Waals surface area contributed by atoms with E-state index in [1.54, 1.807) is 7.11 Å². The maximum atomic E-state index is 5.93. The van der Waals surface area contributed by atoms with E-state index in [0.29, 0.717) is 5.82 Å². The van der Waals surface area contributed by atoms with E-state index in [1.165, 1.54) is 5.56 Å². The third kappa shape index (κ3) is 2.05. The van der Waals surface area contributed by atoms with Gasteiger partial charge in [-0.2, -0.15) is 0 Å². The van der Waals surface area contributed by atoms with E-state index in [2.05, 4.69) is 25.8 Å². The van der Waals surface area contributed by atoms with Gasteiger partial charge in [-0.3, -0.25) is 0 Å². The molecule has 0 aliphatic rings. The average Bonchev–Trinajstić information content (AvgIpc) is 2.27. The normalized spacial score (nSPS) is 11.8. The fourth-order valence-corrected chi connectivity index (χ4v) is 1.97. The highest BCUT2D eigenvalue weighted by atomic mass is 16.5. The first-order valence-corrected chi connectivity index (χ1v) is 5.66. The van der Waals surface area contributed by atoms with Gasteiger partial charge in [-0.05, 0) is 28.5 Å². The van der Waals surface area contributed by atoms with Crippen LogP contribution >= 0.6 is 0 Å². The van der Waals surface area contributed by atoms with Crippen molar-refractivity contribution < 1.29 is 4.74 Å². The maximum Gasteiger partial charge on any atom is 0.131 e. The van der Waals surface area contributed by atoms with Crippen LogP contribution in [-0.4, -0.2) is 12.1 Å². The Bertz CT molecular complexity index is 556. The number of nitrogens with zero attached hydrogens (tertiary/aromatic N) is 1. The van der Waals surface area contributed by atoms with Gasteiger partial charge >= 0.3 is 0 Å². The number of hydrogen-bond acceptors (Lipinski definition) is 3. The second kappa shape index (κ2) is 3.91. The smallest absolute Gasteiger partial charge is 0.131 e. The summed E-state index contributed by atoms with van der Waals surface area (Å²) in [6.07, 6.45) is 1.87. The molecular formula is C14H18N2O. The van der Waals surface area contributed by atoms with Crippen molar-refractivity contribution in [2.75, 3.05) is 12.8 Å². The van der Waals surface area contributed by atoms with Crippen LogP contribution in [0.15, 0.2) is 24.4 Å². The van der Waals surface area contributed by atoms with E-state index in [0.717, 1.165) is 16.5 Å². The molecule has 0 radical (unpaired) electrons. The topological polar surface area (TPSA) is 48.1 Å². The quantitative estimate of drug-likeness (QED) is 0.818. The van der Waals surface area contributed by atoms with Crippen molar-refractivity contribution in [1.29, 1.82) is 0 Å². The largest absolute Gasteiger partial charge is 0.497 e. The van der Waals surface area contributed by atoms with Gasteiger partial charge in [0, 0.05) is 11.6 Å². The molecule has 3 heteroatoms. The van der Waals surface area contributed by atoms with Gasteiger partial charge in [0.1, 0.15) is 11.6 Å². The summed E-state index contributed by atoms with van der Waals surface area (Å²) in [5.74, 6) is 1.35. The second-order valence-corrected chi connectivity index (χ2v) is 5.22. The van der Waals surface area contributed by atoms with Gasteiger partial charge in [0.15, 0.2) is 0 Å². The lowest BCUT2D eigenvalue weighted by molar-refractivity contribution is 0.415. The molecule has 0 saturated heterocycles. The third-order valence-corrected chi connectivity index (χ3v) is 2.93. The second-order valence-electron chi connectivity index (χ2n) is 5.22. The van der Waals surface area contributed by atoms with Crippen molar-refractivity contribution >= 4 is 16.6 Å². The molecule has 1 aromatic carbocycles. The summed E-state index contributed by atoms with van der Waals surface area (Å²) in [5.41, 5.74) is 7.17. The molecule has 0 fully saturated rings. The number of anilines is 1. The van der Waals surface area contributed by atoms with Crippen molar-refractivity contribution in [3.05, 3.63) is 30.0 Å². The van der Waals surface area contributed by atoms with E-state index in [1.807, 2.05) is 24.4 Å². The van der Waals surface area contributed by atoms with E-state index < -0.39 is 0 Å². The van der Waals surface area contributed by atoms with Gasteiger partial charge in [0.05, 0.1) is 7.11 Å². The Hall–Kier alpha value is -1.77. The zero-order valence-corrected chi connectivity index (χ0v) is 10.7. The van der Waals surface area contributed by atoms with Crippen molar-refractivity contribution in [2.45, 2.75) is 26.2 Å². The summed E-state index contributed by atoms with van der Waals surface area (Å²) in [5, 5.41) is 2.10. The Labute approximate surface area is 102 Å². The van der Waals surface area contributed by atoms with Crippen molar-refractivity contribution in [3.8, 4) is 5.75 Å². The number of nitrogen functional groups attached to an aromatic ring is 1. The first kappa shape index (κ1) is 11.7. The molecule has 0 aliphatic carbocycles. The molecule has 90 valence electrons. The summed E-state index contributed by atoms with van der Waals surface area (Å²) in [6, 6.07) is 5.94. The lowest BCUT2D eigenvalue weighted by Crippen LogP contribution is -2.13. The van der Waals surface area contributed by atoms with E-state index >= 15 is 0 Å². The van der Waals surface area contributed by atoms with Crippen LogP contribution in [0.5, 0.6) is 5.75 Å². The Kier molecular flexibility index (Phi) is 2.69. The van der Waals surface area contributed by atoms with Gasteiger partial charge in [0.25, 0.3) is 0 Å². The minimum atomic E-state index is 0.0491. The maximum absolute atomic E-state index is 5.93. The van der Waals surface area contributed by atoms with Gasteiger partial charge < -0.3 is 10.5 Å². The summed E-state index contributed by atoms with van der Waals surface area (Å²) in [7, 11) is 1.65. The fraction of sp³-hybridized carbons (Fsp3) is 0.357. The summed E-state index contributed by atoms with van der Waals surface area (Å²) >= 11 is 0. The average molecular weight is 230 g/mol. The molecule has 1 heterocycles. The van der Waals surface area contributed by atoms with Crippen LogP contribution in [0.25, 0.3) is 10.8 Å². The number of pyridine rings is 1. The van der Waals surface area contributed by atoms with E-state index in [4.69, 9.17) is 10.5 Å². The number of methoxy groups -OCH3 is 1.